The van der Waals surface area contributed by atoms with E-state index < -0.39 is 5.82 Å². The highest BCUT2D eigenvalue weighted by Crippen LogP contribution is 2.43. The number of fused-ring (bicyclic) bond motifs is 3. The zero-order chi connectivity index (χ0) is 28.7. The van der Waals surface area contributed by atoms with Gasteiger partial charge in [-0.15, -0.1) is 0 Å². The number of aromatic nitrogens is 2. The number of anilines is 2. The molecule has 3 heterocycles. The predicted octanol–water partition coefficient (Wildman–Crippen LogP) is 5.31. The zero-order valence-electron chi connectivity index (χ0n) is 22.9. The summed E-state index contributed by atoms with van der Waals surface area (Å²) in [6.07, 6.45) is 7.59. The molecule has 0 saturated carbocycles. The molecule has 1 saturated heterocycles. The van der Waals surface area contributed by atoms with Crippen LogP contribution in [0.15, 0.2) is 77.6 Å². The largest absolute Gasteiger partial charge is 0.496 e. The molecule has 0 bridgehead atoms. The molecule has 1 aromatic heterocycles. The number of likely N-dealkylation sites (N-methyl/N-ethyl adjacent to an activating group) is 1. The molecule has 0 unspecified atom stereocenters. The van der Waals surface area contributed by atoms with Gasteiger partial charge in [-0.05, 0) is 68.1 Å². The van der Waals surface area contributed by atoms with Crippen LogP contribution in [0.2, 0.25) is 0 Å². The fraction of sp³-hybridized carbons (Fsp3) is 0.226. The van der Waals surface area contributed by atoms with Gasteiger partial charge in [0, 0.05) is 53.9 Å². The van der Waals surface area contributed by atoms with Gasteiger partial charge in [0.2, 0.25) is 5.95 Å². The normalized spacial score (nSPS) is 16.4. The van der Waals surface area contributed by atoms with E-state index in [1.165, 1.54) is 13.2 Å². The molecule has 3 aliphatic rings. The lowest BCUT2D eigenvalue weighted by Gasteiger charge is -2.42. The summed E-state index contributed by atoms with van der Waals surface area (Å²) in [5.74, 6) is 0.320. The number of nitrogens with zero attached hydrogens (tertiary/aromatic N) is 5. The average Bonchev–Trinajstić information content (AvgIpc) is 3.10. The molecule has 2 aliphatic heterocycles. The van der Waals surface area contributed by atoms with Crippen molar-refractivity contribution in [3.05, 3.63) is 101 Å². The van der Waals surface area contributed by atoms with Gasteiger partial charge < -0.3 is 19.9 Å². The first-order valence-electron chi connectivity index (χ1n) is 13.2. The van der Waals surface area contributed by atoms with Gasteiger partial charge in [0.1, 0.15) is 16.7 Å². The standard InChI is InChI=1S/C31H28ClFN6O2/c1-38(2)21-16-39(17-21)30(40)18-6-4-7-20(12-18)36-31-35-14-19-10-11-22-23(28-25(33)8-5-9-26(28)41-3)13-27(32)34-15-24(22)29(19)37-31/h4-9,11-15,21H,10,16-17H2,1-3H3,(H,35,36,37). The first-order chi connectivity index (χ1) is 19.8. The van der Waals surface area contributed by atoms with E-state index in [0.717, 1.165) is 11.1 Å². The summed E-state index contributed by atoms with van der Waals surface area (Å²) in [4.78, 5) is 30.7. The number of allylic oxidation sites excluding steroid dienone is 5. The number of methoxy groups -OCH3 is 1. The fourth-order valence-corrected chi connectivity index (χ4v) is 5.34. The van der Waals surface area contributed by atoms with E-state index in [1.807, 2.05) is 43.3 Å². The van der Waals surface area contributed by atoms with Crippen LogP contribution >= 0.6 is 11.6 Å². The van der Waals surface area contributed by atoms with Crippen molar-refractivity contribution in [3.8, 4) is 5.75 Å². The number of aliphatic imine (C=N–C) groups is 1. The van der Waals surface area contributed by atoms with Gasteiger partial charge in [0.05, 0.1) is 18.4 Å². The van der Waals surface area contributed by atoms with Gasteiger partial charge in [0.15, 0.2) is 0 Å². The summed E-state index contributed by atoms with van der Waals surface area (Å²) in [7, 11) is 5.55. The van der Waals surface area contributed by atoms with Crippen LogP contribution < -0.4 is 10.1 Å². The molecular formula is C31H28ClFN6O2. The number of benzene rings is 2. The molecular weight excluding hydrogens is 543 g/mol. The number of likely N-dealkylation sites (tertiary alicyclic amines) is 1. The van der Waals surface area contributed by atoms with E-state index in [-0.39, 0.29) is 11.1 Å². The van der Waals surface area contributed by atoms with Crippen molar-refractivity contribution in [2.24, 2.45) is 4.99 Å². The Kier molecular flexibility index (Phi) is 7.15. The maximum absolute atomic E-state index is 15.1. The smallest absolute Gasteiger partial charge is 0.254 e. The minimum atomic E-state index is -0.428. The van der Waals surface area contributed by atoms with Crippen molar-refractivity contribution < 1.29 is 13.9 Å². The third kappa shape index (κ3) is 5.14. The summed E-state index contributed by atoms with van der Waals surface area (Å²) in [5.41, 5.74) is 5.17. The summed E-state index contributed by atoms with van der Waals surface area (Å²) in [6, 6.07) is 12.4. The number of amides is 1. The van der Waals surface area contributed by atoms with Crippen LogP contribution in [0.1, 0.15) is 27.2 Å². The lowest BCUT2D eigenvalue weighted by molar-refractivity contribution is 0.0399. The van der Waals surface area contributed by atoms with E-state index in [9.17, 15) is 4.79 Å². The Morgan fingerprint density at radius 2 is 1.95 bits per heavy atom. The van der Waals surface area contributed by atoms with E-state index in [2.05, 4.69) is 20.2 Å². The highest BCUT2D eigenvalue weighted by Gasteiger charge is 2.32. The molecule has 0 spiro atoms. The average molecular weight is 571 g/mol. The minimum Gasteiger partial charge on any atom is -0.496 e. The molecule has 1 fully saturated rings. The zero-order valence-corrected chi connectivity index (χ0v) is 23.6. The molecule has 208 valence electrons. The first kappa shape index (κ1) is 26.9. The van der Waals surface area contributed by atoms with Crippen LogP contribution in [-0.2, 0) is 6.42 Å². The topological polar surface area (TPSA) is 83.0 Å². The molecule has 1 N–H and O–H groups in total. The molecule has 6 rings (SSSR count). The number of ether oxygens (including phenoxy) is 1. The first-order valence-corrected chi connectivity index (χ1v) is 13.6. The van der Waals surface area contributed by atoms with Gasteiger partial charge in [-0.2, -0.15) is 0 Å². The van der Waals surface area contributed by atoms with Crippen molar-refractivity contribution in [2.45, 2.75) is 12.5 Å². The van der Waals surface area contributed by atoms with Gasteiger partial charge in [0.25, 0.3) is 5.91 Å². The Morgan fingerprint density at radius 3 is 2.73 bits per heavy atom. The van der Waals surface area contributed by atoms with Crippen LogP contribution in [0.4, 0.5) is 16.0 Å². The van der Waals surface area contributed by atoms with E-state index in [4.69, 9.17) is 21.3 Å². The van der Waals surface area contributed by atoms with Crippen LogP contribution in [0.5, 0.6) is 5.75 Å². The number of carbonyl (C=O) groups excluding carboxylic acids is 1. The Morgan fingerprint density at radius 1 is 1.15 bits per heavy atom. The van der Waals surface area contributed by atoms with Gasteiger partial charge in [-0.25, -0.2) is 19.4 Å². The van der Waals surface area contributed by atoms with Gasteiger partial charge in [-0.3, -0.25) is 4.79 Å². The highest BCUT2D eigenvalue weighted by atomic mass is 35.5. The fourth-order valence-electron chi connectivity index (χ4n) is 5.18. The van der Waals surface area contributed by atoms with Crippen LogP contribution in [-0.4, -0.2) is 71.2 Å². The molecule has 8 nitrogen and oxygen atoms in total. The number of halogens is 2. The van der Waals surface area contributed by atoms with Gasteiger partial charge >= 0.3 is 0 Å². The van der Waals surface area contributed by atoms with Crippen molar-refractivity contribution in [3.63, 3.8) is 0 Å². The van der Waals surface area contributed by atoms with Crippen molar-refractivity contribution in [1.82, 2.24) is 19.8 Å². The lowest BCUT2D eigenvalue weighted by atomic mass is 9.84. The summed E-state index contributed by atoms with van der Waals surface area (Å²) in [5, 5.41) is 3.45. The van der Waals surface area contributed by atoms with E-state index >= 15 is 4.39 Å². The van der Waals surface area contributed by atoms with Gasteiger partial charge in [-0.1, -0.05) is 29.8 Å². The maximum Gasteiger partial charge on any atom is 0.254 e. The number of hydrogen-bond donors (Lipinski definition) is 1. The van der Waals surface area contributed by atoms with Crippen LogP contribution in [0.3, 0.4) is 0 Å². The number of carbonyl (C=O) groups is 1. The lowest BCUT2D eigenvalue weighted by Crippen LogP contribution is -2.59. The second-order valence-electron chi connectivity index (χ2n) is 10.3. The summed E-state index contributed by atoms with van der Waals surface area (Å²) >= 11 is 6.40. The third-order valence-electron chi connectivity index (χ3n) is 7.52. The Bertz CT molecular complexity index is 1670. The number of hydrogen-bond acceptors (Lipinski definition) is 7. The molecule has 1 aliphatic carbocycles. The van der Waals surface area contributed by atoms with Crippen molar-refractivity contribution in [2.75, 3.05) is 39.6 Å². The summed E-state index contributed by atoms with van der Waals surface area (Å²) in [6.45, 7) is 1.42. The second-order valence-corrected chi connectivity index (χ2v) is 10.7. The molecule has 2 aromatic carbocycles. The number of nitrogens with one attached hydrogen (secondary N) is 1. The van der Waals surface area contributed by atoms with Crippen LogP contribution in [0.25, 0.3) is 11.1 Å². The molecule has 41 heavy (non-hydrogen) atoms. The third-order valence-corrected chi connectivity index (χ3v) is 7.72. The second kappa shape index (κ2) is 10.9. The molecule has 10 heteroatoms. The highest BCUT2D eigenvalue weighted by molar-refractivity contribution is 6.69. The quantitative estimate of drug-likeness (QED) is 0.432. The maximum atomic E-state index is 15.1. The van der Waals surface area contributed by atoms with Crippen molar-refractivity contribution >= 4 is 45.5 Å². The molecule has 1 amide bonds. The molecule has 0 atom stereocenters. The predicted molar refractivity (Wildman–Crippen MR) is 159 cm³/mol. The van der Waals surface area contributed by atoms with E-state index in [1.54, 1.807) is 36.7 Å². The number of rotatable bonds is 6. The minimum absolute atomic E-state index is 0.00544. The van der Waals surface area contributed by atoms with Crippen molar-refractivity contribution in [1.29, 1.82) is 0 Å². The van der Waals surface area contributed by atoms with E-state index in [0.29, 0.717) is 70.9 Å². The van der Waals surface area contributed by atoms with Crippen LogP contribution in [0, 0.1) is 5.82 Å². The monoisotopic (exact) mass is 570 g/mol. The Labute approximate surface area is 242 Å². The Balaban J connectivity index is 1.29. The SMILES string of the molecule is COc1cccc(F)c1C1=CC(Cl)=NC=C2C1=CCc1cnc(Nc3cccc(C(=O)N4CC(N(C)C)C4)c3)nc12. The molecule has 3 aromatic rings. The molecule has 0 radical (unpaired) electrons. The Hall–Kier alpha value is -4.34. The summed E-state index contributed by atoms with van der Waals surface area (Å²) < 4.78 is 20.6.